The Hall–Kier alpha value is -3.49. The molecule has 1 aliphatic rings. The number of anilines is 1. The van der Waals surface area contributed by atoms with Crippen LogP contribution in [0.15, 0.2) is 77.7 Å². The van der Waals surface area contributed by atoms with E-state index in [-0.39, 0.29) is 5.91 Å². The van der Waals surface area contributed by atoms with Crippen LogP contribution in [0.1, 0.15) is 23.3 Å². The van der Waals surface area contributed by atoms with E-state index in [1.165, 1.54) is 18.7 Å². The number of likely N-dealkylation sites (N-methyl/N-ethyl adjacent to an activating group) is 1. The second-order valence-corrected chi connectivity index (χ2v) is 10.3. The van der Waals surface area contributed by atoms with Crippen molar-refractivity contribution in [2.24, 2.45) is 0 Å². The zero-order chi connectivity index (χ0) is 27.1. The maximum Gasteiger partial charge on any atom is 0.303 e. The van der Waals surface area contributed by atoms with E-state index < -0.39 is 17.3 Å². The maximum absolute atomic E-state index is 14.0. The largest absolute Gasteiger partial charge is 0.497 e. The number of amides is 1. The first-order valence-corrected chi connectivity index (χ1v) is 13.5. The van der Waals surface area contributed by atoms with Gasteiger partial charge in [-0.1, -0.05) is 42.5 Å². The Balaban J connectivity index is 1.56. The molecule has 3 aromatic carbocycles. The monoisotopic (exact) mass is 534 g/mol. The van der Waals surface area contributed by atoms with Gasteiger partial charge in [-0.25, -0.2) is 0 Å². The van der Waals surface area contributed by atoms with E-state index in [9.17, 15) is 9.59 Å². The van der Waals surface area contributed by atoms with Crippen LogP contribution >= 0.6 is 11.8 Å². The Labute approximate surface area is 228 Å². The topological polar surface area (TPSA) is 68.3 Å². The second-order valence-electron chi connectivity index (χ2n) is 9.16. The number of benzene rings is 3. The van der Waals surface area contributed by atoms with Crippen molar-refractivity contribution in [3.63, 3.8) is 0 Å². The molecule has 1 amide bonds. The average Bonchev–Trinajstić information content (AvgIpc) is 3.05. The van der Waals surface area contributed by atoms with Gasteiger partial charge in [0.25, 0.3) is 5.91 Å². The van der Waals surface area contributed by atoms with E-state index in [1.54, 1.807) is 19.1 Å². The van der Waals surface area contributed by atoms with Crippen molar-refractivity contribution in [2.45, 2.75) is 29.6 Å². The molecule has 0 spiro atoms. The molecule has 3 aromatic rings. The number of carbonyl (C=O) groups excluding carboxylic acids is 2. The predicted octanol–water partition coefficient (Wildman–Crippen LogP) is 4.99. The quantitative estimate of drug-likeness (QED) is 0.340. The Kier molecular flexibility index (Phi) is 9.31. The summed E-state index contributed by atoms with van der Waals surface area (Å²) in [6, 6.07) is 23.4. The lowest BCUT2D eigenvalue weighted by molar-refractivity contribution is -0.152. The van der Waals surface area contributed by atoms with Crippen LogP contribution < -0.4 is 14.4 Å². The van der Waals surface area contributed by atoms with E-state index >= 15 is 0 Å². The van der Waals surface area contributed by atoms with Gasteiger partial charge in [0, 0.05) is 31.5 Å². The molecule has 0 aromatic heterocycles. The molecule has 0 N–H and O–H groups in total. The third-order valence-electron chi connectivity index (χ3n) is 6.59. The molecule has 4 rings (SSSR count). The Bertz CT molecular complexity index is 1250. The summed E-state index contributed by atoms with van der Waals surface area (Å²) in [6.45, 7) is 3.27. The number of thioether (sulfide) groups is 1. The minimum absolute atomic E-state index is 0.225. The third kappa shape index (κ3) is 6.49. The fourth-order valence-electron chi connectivity index (χ4n) is 4.54. The molecule has 0 bridgehead atoms. The normalized spacial score (nSPS) is 17.1. The van der Waals surface area contributed by atoms with Crippen LogP contribution in [0, 0.1) is 0 Å². The molecular formula is C30H34N2O5S. The van der Waals surface area contributed by atoms with Gasteiger partial charge in [-0.05, 0) is 54.9 Å². The smallest absolute Gasteiger partial charge is 0.303 e. The number of carbonyl (C=O) groups is 2. The summed E-state index contributed by atoms with van der Waals surface area (Å²) in [5.74, 6) is 0.892. The van der Waals surface area contributed by atoms with Crippen LogP contribution in [0.3, 0.4) is 0 Å². The number of nitrogens with zero attached hydrogens (tertiary/aromatic N) is 2. The lowest BCUT2D eigenvalue weighted by Crippen LogP contribution is -2.45. The molecule has 0 radical (unpaired) electrons. The van der Waals surface area contributed by atoms with Crippen molar-refractivity contribution >= 4 is 29.3 Å². The highest BCUT2D eigenvalue weighted by molar-refractivity contribution is 7.99. The standard InChI is InChI=1S/C30H34N2O5S/c1-21(33)37-28-29(23-13-15-24(35-3)16-14-23)38-27-12-8-6-10-25(27)32(30(28)34)20-19-31(2)18-17-22-9-5-7-11-26(22)36-4/h5-16,28-29H,17-20H2,1-4H3/t28-,29+/m1/s1. The average molecular weight is 535 g/mol. The highest BCUT2D eigenvalue weighted by atomic mass is 32.2. The molecule has 0 aliphatic carbocycles. The SMILES string of the molecule is COc1ccc([C@@H]2Sc3ccccc3N(CCN(C)CCc3ccccc3OC)C(=O)[C@@H]2OC(C)=O)cc1. The molecule has 1 heterocycles. The van der Waals surface area contributed by atoms with Gasteiger partial charge in [-0.15, -0.1) is 11.8 Å². The van der Waals surface area contributed by atoms with Crippen LogP contribution in [-0.2, 0) is 20.7 Å². The fraction of sp³-hybridized carbons (Fsp3) is 0.333. The number of rotatable bonds is 10. The Morgan fingerprint density at radius 1 is 0.947 bits per heavy atom. The summed E-state index contributed by atoms with van der Waals surface area (Å²) in [6.07, 6.45) is -0.131. The van der Waals surface area contributed by atoms with Crippen LogP contribution in [0.2, 0.25) is 0 Å². The van der Waals surface area contributed by atoms with Gasteiger partial charge in [0.05, 0.1) is 25.2 Å². The first-order chi connectivity index (χ1) is 18.4. The number of ether oxygens (including phenoxy) is 3. The van der Waals surface area contributed by atoms with Gasteiger partial charge in [0.1, 0.15) is 11.5 Å². The highest BCUT2D eigenvalue weighted by Crippen LogP contribution is 2.46. The van der Waals surface area contributed by atoms with E-state index in [1.807, 2.05) is 73.8 Å². The van der Waals surface area contributed by atoms with Gasteiger partial charge >= 0.3 is 5.97 Å². The van der Waals surface area contributed by atoms with Crippen molar-refractivity contribution in [3.05, 3.63) is 83.9 Å². The number of methoxy groups -OCH3 is 2. The number of fused-ring (bicyclic) bond motifs is 1. The van der Waals surface area contributed by atoms with Crippen molar-refractivity contribution < 1.29 is 23.8 Å². The van der Waals surface area contributed by atoms with Gasteiger partial charge in [0.15, 0.2) is 6.10 Å². The second kappa shape index (κ2) is 12.8. The van der Waals surface area contributed by atoms with Crippen LogP contribution in [0.5, 0.6) is 11.5 Å². The number of hydrogen-bond acceptors (Lipinski definition) is 7. The summed E-state index contributed by atoms with van der Waals surface area (Å²) in [4.78, 5) is 31.1. The van der Waals surface area contributed by atoms with E-state index in [2.05, 4.69) is 11.0 Å². The fourth-order valence-corrected chi connectivity index (χ4v) is 5.86. The van der Waals surface area contributed by atoms with Gasteiger partial charge < -0.3 is 24.0 Å². The van der Waals surface area contributed by atoms with E-state index in [0.717, 1.165) is 46.2 Å². The molecule has 0 fully saturated rings. The van der Waals surface area contributed by atoms with Gasteiger partial charge in [0.2, 0.25) is 0 Å². The Morgan fingerprint density at radius 3 is 2.37 bits per heavy atom. The van der Waals surface area contributed by atoms with E-state index in [0.29, 0.717) is 13.1 Å². The number of hydrogen-bond donors (Lipinski definition) is 0. The maximum atomic E-state index is 14.0. The molecule has 38 heavy (non-hydrogen) atoms. The first-order valence-electron chi connectivity index (χ1n) is 12.6. The van der Waals surface area contributed by atoms with Crippen molar-refractivity contribution in [1.29, 1.82) is 0 Å². The Morgan fingerprint density at radius 2 is 1.66 bits per heavy atom. The predicted molar refractivity (Wildman–Crippen MR) is 150 cm³/mol. The van der Waals surface area contributed by atoms with Gasteiger partial charge in [-0.2, -0.15) is 0 Å². The van der Waals surface area contributed by atoms with Crippen LogP contribution in [0.4, 0.5) is 5.69 Å². The highest BCUT2D eigenvalue weighted by Gasteiger charge is 2.40. The molecule has 0 saturated carbocycles. The number of esters is 1. The number of para-hydroxylation sites is 2. The van der Waals surface area contributed by atoms with Crippen molar-refractivity contribution in [2.75, 3.05) is 45.8 Å². The summed E-state index contributed by atoms with van der Waals surface area (Å²) in [5, 5.41) is -0.397. The summed E-state index contributed by atoms with van der Waals surface area (Å²) < 4.78 is 16.5. The molecule has 2 atom stereocenters. The zero-order valence-electron chi connectivity index (χ0n) is 22.3. The van der Waals surface area contributed by atoms with E-state index in [4.69, 9.17) is 14.2 Å². The van der Waals surface area contributed by atoms with Crippen molar-refractivity contribution in [3.8, 4) is 11.5 Å². The minimum Gasteiger partial charge on any atom is -0.497 e. The summed E-state index contributed by atoms with van der Waals surface area (Å²) in [5.41, 5.74) is 2.86. The first kappa shape index (κ1) is 27.5. The van der Waals surface area contributed by atoms with Crippen molar-refractivity contribution in [1.82, 2.24) is 4.90 Å². The molecule has 1 aliphatic heterocycles. The summed E-state index contributed by atoms with van der Waals surface area (Å²) in [7, 11) is 5.34. The van der Waals surface area contributed by atoms with Gasteiger partial charge in [-0.3, -0.25) is 9.59 Å². The van der Waals surface area contributed by atoms with Crippen LogP contribution in [0.25, 0.3) is 0 Å². The molecule has 8 heteroatoms. The zero-order valence-corrected chi connectivity index (χ0v) is 23.1. The lowest BCUT2D eigenvalue weighted by atomic mass is 10.1. The molecule has 200 valence electrons. The molecule has 7 nitrogen and oxygen atoms in total. The van der Waals surface area contributed by atoms with Crippen LogP contribution in [-0.4, -0.2) is 63.8 Å². The summed E-state index contributed by atoms with van der Waals surface area (Å²) >= 11 is 1.54. The molecular weight excluding hydrogens is 500 g/mol. The molecule has 0 saturated heterocycles. The minimum atomic E-state index is -0.961. The lowest BCUT2D eigenvalue weighted by Gasteiger charge is -2.29. The third-order valence-corrected chi connectivity index (χ3v) is 7.96. The molecule has 0 unspecified atom stereocenters.